The Morgan fingerprint density at radius 1 is 0.744 bits per heavy atom. The van der Waals surface area contributed by atoms with Gasteiger partial charge in [0.25, 0.3) is 0 Å². The highest BCUT2D eigenvalue weighted by atomic mass is 19.4. The van der Waals surface area contributed by atoms with Crippen molar-refractivity contribution in [2.24, 2.45) is 0 Å². The maximum Gasteiger partial charge on any atom is 0.460 e. The van der Waals surface area contributed by atoms with Gasteiger partial charge in [0.15, 0.2) is 6.10 Å². The standard InChI is InChI=1S/C29H21F10NO3/c30-26(31,28(35,36)29(37,38)39)20-7-1-5-18(13-20)16-40(17-25(41)27(32,33)34)21-8-3-10-23(15-21)43-22-9-2-6-19(14-22)24-11-4-12-42-24/h1-15,25,41H,16-17H2. The molecule has 0 bridgehead atoms. The van der Waals surface area contributed by atoms with Gasteiger partial charge in [0.1, 0.15) is 17.3 Å². The second-order valence-electron chi connectivity index (χ2n) is 9.39. The van der Waals surface area contributed by atoms with Crippen LogP contribution in [0.5, 0.6) is 11.5 Å². The zero-order chi connectivity index (χ0) is 31.6. The van der Waals surface area contributed by atoms with Crippen LogP contribution in [0, 0.1) is 0 Å². The summed E-state index contributed by atoms with van der Waals surface area (Å²) in [7, 11) is 0. The molecule has 0 spiro atoms. The van der Waals surface area contributed by atoms with E-state index < -0.39 is 49.0 Å². The Morgan fingerprint density at radius 3 is 2.02 bits per heavy atom. The fourth-order valence-electron chi connectivity index (χ4n) is 4.05. The summed E-state index contributed by atoms with van der Waals surface area (Å²) in [6.45, 7) is -1.83. The van der Waals surface area contributed by atoms with Crippen molar-refractivity contribution >= 4 is 5.69 Å². The highest BCUT2D eigenvalue weighted by molar-refractivity contribution is 5.60. The fourth-order valence-corrected chi connectivity index (χ4v) is 4.05. The van der Waals surface area contributed by atoms with Crippen molar-refractivity contribution in [3.8, 4) is 22.8 Å². The number of hydrogen-bond donors (Lipinski definition) is 1. The van der Waals surface area contributed by atoms with Crippen LogP contribution in [0.4, 0.5) is 49.6 Å². The van der Waals surface area contributed by atoms with Crippen molar-refractivity contribution in [2.45, 2.75) is 36.8 Å². The molecular weight excluding hydrogens is 600 g/mol. The summed E-state index contributed by atoms with van der Waals surface area (Å²) in [4.78, 5) is 0.892. The van der Waals surface area contributed by atoms with Crippen LogP contribution in [0.1, 0.15) is 11.1 Å². The van der Waals surface area contributed by atoms with E-state index in [1.165, 1.54) is 30.5 Å². The maximum atomic E-state index is 14.3. The highest BCUT2D eigenvalue weighted by Crippen LogP contribution is 2.51. The summed E-state index contributed by atoms with van der Waals surface area (Å²) in [5.74, 6) is -11.1. The molecule has 0 aliphatic rings. The molecule has 1 atom stereocenters. The second-order valence-corrected chi connectivity index (χ2v) is 9.39. The van der Waals surface area contributed by atoms with E-state index in [0.717, 1.165) is 17.0 Å². The van der Waals surface area contributed by atoms with E-state index in [9.17, 15) is 49.0 Å². The first-order valence-electron chi connectivity index (χ1n) is 12.3. The highest BCUT2D eigenvalue weighted by Gasteiger charge is 2.73. The van der Waals surface area contributed by atoms with Crippen LogP contribution in [0.3, 0.4) is 0 Å². The quantitative estimate of drug-likeness (QED) is 0.180. The summed E-state index contributed by atoms with van der Waals surface area (Å²) < 4.78 is 145. The second kappa shape index (κ2) is 11.8. The average molecular weight is 621 g/mol. The smallest absolute Gasteiger partial charge is 0.460 e. The summed E-state index contributed by atoms with van der Waals surface area (Å²) in [6.07, 6.45) is -13.1. The first-order valence-corrected chi connectivity index (χ1v) is 12.3. The molecule has 4 nitrogen and oxygen atoms in total. The third-order valence-electron chi connectivity index (χ3n) is 6.24. The number of hydrogen-bond acceptors (Lipinski definition) is 4. The Hall–Kier alpha value is -4.20. The van der Waals surface area contributed by atoms with E-state index in [1.807, 2.05) is 0 Å². The monoisotopic (exact) mass is 621 g/mol. The summed E-state index contributed by atoms with van der Waals surface area (Å²) in [5.41, 5.74) is -1.39. The molecule has 0 fully saturated rings. The molecule has 0 radical (unpaired) electrons. The van der Waals surface area contributed by atoms with Crippen LogP contribution in [-0.2, 0) is 12.5 Å². The Labute approximate surface area is 237 Å². The van der Waals surface area contributed by atoms with Crippen LogP contribution in [-0.4, -0.2) is 36.0 Å². The van der Waals surface area contributed by atoms with Gasteiger partial charge in [-0.15, -0.1) is 0 Å². The van der Waals surface area contributed by atoms with E-state index >= 15 is 0 Å². The number of furan rings is 1. The zero-order valence-electron chi connectivity index (χ0n) is 21.6. The molecule has 1 heterocycles. The number of nitrogens with zero attached hydrogens (tertiary/aromatic N) is 1. The lowest BCUT2D eigenvalue weighted by molar-refractivity contribution is -0.359. The first-order chi connectivity index (χ1) is 20.0. The molecule has 0 saturated carbocycles. The molecule has 4 aromatic rings. The molecule has 1 N–H and O–H groups in total. The number of anilines is 1. The molecule has 1 unspecified atom stereocenters. The molecule has 230 valence electrons. The minimum atomic E-state index is -6.58. The molecule has 0 aliphatic heterocycles. The Morgan fingerprint density at radius 2 is 1.40 bits per heavy atom. The number of benzene rings is 3. The zero-order valence-corrected chi connectivity index (χ0v) is 21.6. The van der Waals surface area contributed by atoms with Gasteiger partial charge in [0, 0.05) is 29.4 Å². The van der Waals surface area contributed by atoms with Crippen molar-refractivity contribution in [2.75, 3.05) is 11.4 Å². The average Bonchev–Trinajstić information content (AvgIpc) is 3.47. The van der Waals surface area contributed by atoms with Crippen LogP contribution in [0.2, 0.25) is 0 Å². The number of aliphatic hydroxyl groups excluding tert-OH is 1. The molecule has 14 heteroatoms. The Bertz CT molecular complexity index is 1520. The third kappa shape index (κ3) is 7.07. The van der Waals surface area contributed by atoms with Crippen LogP contribution < -0.4 is 9.64 Å². The minimum Gasteiger partial charge on any atom is -0.464 e. The van der Waals surface area contributed by atoms with Gasteiger partial charge in [-0.3, -0.25) is 0 Å². The van der Waals surface area contributed by atoms with Crippen molar-refractivity contribution in [3.05, 3.63) is 102 Å². The lowest BCUT2D eigenvalue weighted by atomic mass is 9.99. The van der Waals surface area contributed by atoms with E-state index in [0.29, 0.717) is 29.2 Å². The number of aliphatic hydroxyl groups is 1. The van der Waals surface area contributed by atoms with Gasteiger partial charge in [0.05, 0.1) is 12.8 Å². The van der Waals surface area contributed by atoms with E-state index in [2.05, 4.69) is 0 Å². The molecule has 0 saturated heterocycles. The fraction of sp³-hybridized carbons (Fsp3) is 0.241. The Kier molecular flexibility index (Phi) is 8.72. The number of ether oxygens (including phenoxy) is 1. The molecule has 4 rings (SSSR count). The Balaban J connectivity index is 1.65. The molecule has 43 heavy (non-hydrogen) atoms. The maximum absolute atomic E-state index is 14.3. The lowest BCUT2D eigenvalue weighted by Crippen LogP contribution is -2.50. The van der Waals surface area contributed by atoms with E-state index in [-0.39, 0.29) is 17.0 Å². The number of alkyl halides is 10. The van der Waals surface area contributed by atoms with Crippen molar-refractivity contribution in [1.82, 2.24) is 0 Å². The van der Waals surface area contributed by atoms with Gasteiger partial charge in [0.2, 0.25) is 0 Å². The van der Waals surface area contributed by atoms with Crippen LogP contribution in [0.15, 0.2) is 95.6 Å². The van der Waals surface area contributed by atoms with Gasteiger partial charge in [-0.05, 0) is 48.0 Å². The largest absolute Gasteiger partial charge is 0.464 e. The van der Waals surface area contributed by atoms with Crippen molar-refractivity contribution in [1.29, 1.82) is 0 Å². The predicted octanol–water partition coefficient (Wildman–Crippen LogP) is 8.96. The van der Waals surface area contributed by atoms with Crippen molar-refractivity contribution in [3.63, 3.8) is 0 Å². The number of rotatable bonds is 10. The topological polar surface area (TPSA) is 45.8 Å². The van der Waals surface area contributed by atoms with Crippen LogP contribution in [0.25, 0.3) is 11.3 Å². The summed E-state index contributed by atoms with van der Waals surface area (Å²) in [6, 6.07) is 18.0. The third-order valence-corrected chi connectivity index (χ3v) is 6.24. The van der Waals surface area contributed by atoms with Crippen LogP contribution >= 0.6 is 0 Å². The van der Waals surface area contributed by atoms with Gasteiger partial charge in [-0.1, -0.05) is 36.4 Å². The normalized spacial score (nSPS) is 13.6. The van der Waals surface area contributed by atoms with Gasteiger partial charge >= 0.3 is 24.2 Å². The van der Waals surface area contributed by atoms with Gasteiger partial charge < -0.3 is 19.2 Å². The summed E-state index contributed by atoms with van der Waals surface area (Å²) >= 11 is 0. The van der Waals surface area contributed by atoms with E-state index in [1.54, 1.807) is 36.4 Å². The molecule has 3 aromatic carbocycles. The first kappa shape index (κ1) is 31.7. The molecule has 0 aliphatic carbocycles. The molecule has 0 amide bonds. The molecular formula is C29H21F10NO3. The lowest BCUT2D eigenvalue weighted by Gasteiger charge is -2.30. The predicted molar refractivity (Wildman–Crippen MR) is 135 cm³/mol. The SMILES string of the molecule is OC(CN(Cc1cccc(C(F)(F)C(F)(F)C(F)(F)F)c1)c1cccc(Oc2cccc(-c3ccco3)c2)c1)C(F)(F)F. The van der Waals surface area contributed by atoms with Crippen molar-refractivity contribution < 1.29 is 58.2 Å². The van der Waals surface area contributed by atoms with Gasteiger partial charge in [-0.25, -0.2) is 0 Å². The van der Waals surface area contributed by atoms with Gasteiger partial charge in [-0.2, -0.15) is 43.9 Å². The van der Waals surface area contributed by atoms with E-state index in [4.69, 9.17) is 9.15 Å². The summed E-state index contributed by atoms with van der Waals surface area (Å²) in [5, 5.41) is 9.75. The molecule has 1 aromatic heterocycles. The number of halogens is 10. The minimum absolute atomic E-state index is 0.0132.